The van der Waals surface area contributed by atoms with Crippen molar-refractivity contribution in [3.8, 4) is 5.75 Å². The second-order valence-corrected chi connectivity index (χ2v) is 4.24. The van der Waals surface area contributed by atoms with Crippen LogP contribution in [0.5, 0.6) is 5.75 Å². The summed E-state index contributed by atoms with van der Waals surface area (Å²) in [6.45, 7) is -0.704. The molecule has 23 heavy (non-hydrogen) atoms. The quantitative estimate of drug-likeness (QED) is 0.288. The van der Waals surface area contributed by atoms with Gasteiger partial charge in [0.15, 0.2) is 0 Å². The minimum absolute atomic E-state index is 0.0675. The Morgan fingerprint density at radius 3 is 2.30 bits per heavy atom. The molecule has 0 heterocycles. The average Bonchev–Trinajstić information content (AvgIpc) is 2.54. The van der Waals surface area contributed by atoms with Crippen molar-refractivity contribution in [2.24, 2.45) is 0 Å². The van der Waals surface area contributed by atoms with E-state index in [1.807, 2.05) is 5.32 Å². The van der Waals surface area contributed by atoms with Crippen LogP contribution in [0.1, 0.15) is 12.8 Å². The molecule has 0 atom stereocenters. The number of rotatable bonds is 6. The summed E-state index contributed by atoms with van der Waals surface area (Å²) < 4.78 is 8.91. The van der Waals surface area contributed by atoms with Crippen LogP contribution in [-0.2, 0) is 28.7 Å². The molecule has 0 saturated carbocycles. The van der Waals surface area contributed by atoms with E-state index in [4.69, 9.17) is 5.11 Å². The SMILES string of the molecule is CNC(=O)C(=O)OCOC(=O)CCC(=O)Nc1ccc(O)cc1. The van der Waals surface area contributed by atoms with Gasteiger partial charge in [-0.25, -0.2) is 4.79 Å². The molecular weight excluding hydrogens is 308 g/mol. The van der Waals surface area contributed by atoms with Crippen molar-refractivity contribution >= 4 is 29.4 Å². The predicted octanol–water partition coefficient (Wildman–Crippen LogP) is -0.0992. The number of hydrogen-bond donors (Lipinski definition) is 3. The molecule has 1 rings (SSSR count). The molecule has 124 valence electrons. The molecule has 9 nitrogen and oxygen atoms in total. The van der Waals surface area contributed by atoms with Gasteiger partial charge >= 0.3 is 17.8 Å². The lowest BCUT2D eigenvalue weighted by atomic mass is 10.2. The number of phenols is 1. The second kappa shape index (κ2) is 9.03. The highest BCUT2D eigenvalue weighted by molar-refractivity contribution is 6.32. The van der Waals surface area contributed by atoms with Crippen molar-refractivity contribution in [1.82, 2.24) is 5.32 Å². The molecule has 1 aromatic rings. The van der Waals surface area contributed by atoms with Crippen LogP contribution in [0.25, 0.3) is 0 Å². The largest absolute Gasteiger partial charge is 0.508 e. The second-order valence-electron chi connectivity index (χ2n) is 4.24. The molecule has 0 aliphatic heterocycles. The summed E-state index contributed by atoms with van der Waals surface area (Å²) >= 11 is 0. The third kappa shape index (κ3) is 6.93. The molecule has 0 aliphatic carbocycles. The van der Waals surface area contributed by atoms with E-state index in [1.165, 1.54) is 31.3 Å². The Bertz CT molecular complexity index is 583. The monoisotopic (exact) mass is 324 g/mol. The van der Waals surface area contributed by atoms with Gasteiger partial charge in [0.1, 0.15) is 5.75 Å². The average molecular weight is 324 g/mol. The van der Waals surface area contributed by atoms with Gasteiger partial charge in [-0.1, -0.05) is 0 Å². The number of benzene rings is 1. The van der Waals surface area contributed by atoms with Crippen LogP contribution in [0.15, 0.2) is 24.3 Å². The molecular formula is C14H16N2O7. The molecule has 1 aromatic carbocycles. The first-order chi connectivity index (χ1) is 10.9. The number of phenolic OH excluding ortho intramolecular Hbond substituents is 1. The van der Waals surface area contributed by atoms with E-state index < -0.39 is 30.5 Å². The fraction of sp³-hybridized carbons (Fsp3) is 0.286. The first-order valence-electron chi connectivity index (χ1n) is 6.55. The third-order valence-corrected chi connectivity index (χ3v) is 2.53. The highest BCUT2D eigenvalue weighted by Crippen LogP contribution is 2.14. The van der Waals surface area contributed by atoms with E-state index in [1.54, 1.807) is 0 Å². The maximum absolute atomic E-state index is 11.6. The van der Waals surface area contributed by atoms with E-state index in [2.05, 4.69) is 14.8 Å². The zero-order chi connectivity index (χ0) is 17.2. The zero-order valence-electron chi connectivity index (χ0n) is 12.3. The number of esters is 2. The van der Waals surface area contributed by atoms with Gasteiger partial charge in [-0.2, -0.15) is 0 Å². The number of carbonyl (C=O) groups is 4. The maximum atomic E-state index is 11.6. The van der Waals surface area contributed by atoms with Gasteiger partial charge in [0.2, 0.25) is 12.7 Å². The normalized spacial score (nSPS) is 9.61. The van der Waals surface area contributed by atoms with Crippen LogP contribution in [0.3, 0.4) is 0 Å². The lowest BCUT2D eigenvalue weighted by molar-refractivity contribution is -0.171. The van der Waals surface area contributed by atoms with Crippen molar-refractivity contribution < 1.29 is 33.8 Å². The van der Waals surface area contributed by atoms with Gasteiger partial charge in [0.25, 0.3) is 0 Å². The van der Waals surface area contributed by atoms with Crippen LogP contribution in [0, 0.1) is 0 Å². The van der Waals surface area contributed by atoms with Crippen molar-refractivity contribution in [2.75, 3.05) is 19.2 Å². The predicted molar refractivity (Wildman–Crippen MR) is 77.1 cm³/mol. The molecule has 0 bridgehead atoms. The molecule has 0 spiro atoms. The van der Waals surface area contributed by atoms with Gasteiger partial charge in [0, 0.05) is 19.2 Å². The topological polar surface area (TPSA) is 131 Å². The third-order valence-electron chi connectivity index (χ3n) is 2.53. The Balaban J connectivity index is 2.22. The van der Waals surface area contributed by atoms with Gasteiger partial charge in [-0.05, 0) is 24.3 Å². The van der Waals surface area contributed by atoms with E-state index in [9.17, 15) is 19.2 Å². The molecule has 0 saturated heterocycles. The molecule has 0 radical (unpaired) electrons. The molecule has 0 unspecified atom stereocenters. The van der Waals surface area contributed by atoms with Crippen LogP contribution < -0.4 is 10.6 Å². The van der Waals surface area contributed by atoms with Crippen molar-refractivity contribution in [3.63, 3.8) is 0 Å². The molecule has 2 amide bonds. The summed E-state index contributed by atoms with van der Waals surface area (Å²) in [4.78, 5) is 44.7. The van der Waals surface area contributed by atoms with Crippen molar-refractivity contribution in [2.45, 2.75) is 12.8 Å². The van der Waals surface area contributed by atoms with Crippen LogP contribution in [0.4, 0.5) is 5.69 Å². The smallest absolute Gasteiger partial charge is 0.399 e. The Labute approximate surface area is 131 Å². The molecule has 3 N–H and O–H groups in total. The minimum atomic E-state index is -1.18. The Kier molecular flexibility index (Phi) is 7.05. The highest BCUT2D eigenvalue weighted by atomic mass is 16.7. The van der Waals surface area contributed by atoms with Crippen molar-refractivity contribution in [1.29, 1.82) is 0 Å². The lowest BCUT2D eigenvalue weighted by Crippen LogP contribution is -2.30. The summed E-state index contributed by atoms with van der Waals surface area (Å²) in [5.74, 6) is -3.25. The Morgan fingerprint density at radius 1 is 1.04 bits per heavy atom. The number of aromatic hydroxyl groups is 1. The molecule has 0 fully saturated rings. The molecule has 9 heteroatoms. The molecule has 0 aliphatic rings. The minimum Gasteiger partial charge on any atom is -0.508 e. The van der Waals surface area contributed by atoms with Gasteiger partial charge in [-0.3, -0.25) is 14.4 Å². The van der Waals surface area contributed by atoms with E-state index >= 15 is 0 Å². The fourth-order valence-electron chi connectivity index (χ4n) is 1.37. The summed E-state index contributed by atoms with van der Waals surface area (Å²) in [5.41, 5.74) is 0.473. The summed E-state index contributed by atoms with van der Waals surface area (Å²) in [5, 5.41) is 13.7. The van der Waals surface area contributed by atoms with E-state index in [0.717, 1.165) is 0 Å². The number of amides is 2. The number of hydrogen-bond acceptors (Lipinski definition) is 7. The zero-order valence-corrected chi connectivity index (χ0v) is 12.3. The molecule has 0 aromatic heterocycles. The number of anilines is 1. The Morgan fingerprint density at radius 2 is 1.70 bits per heavy atom. The Hall–Kier alpha value is -3.10. The first kappa shape index (κ1) is 18.0. The number of likely N-dealkylation sites (N-methyl/N-ethyl adjacent to an activating group) is 1. The van der Waals surface area contributed by atoms with Gasteiger partial charge < -0.3 is 25.2 Å². The summed E-state index contributed by atoms with van der Waals surface area (Å²) in [6, 6.07) is 5.82. The number of carbonyl (C=O) groups excluding carboxylic acids is 4. The van der Waals surface area contributed by atoms with Crippen molar-refractivity contribution in [3.05, 3.63) is 24.3 Å². The summed E-state index contributed by atoms with van der Waals surface area (Å²) in [6.07, 6.45) is -0.357. The number of ether oxygens (including phenoxy) is 2. The number of nitrogens with one attached hydrogen (secondary N) is 2. The lowest BCUT2D eigenvalue weighted by Gasteiger charge is -2.06. The standard InChI is InChI=1S/C14H16N2O7/c1-15-13(20)14(21)23-8-22-12(19)7-6-11(18)16-9-2-4-10(17)5-3-9/h2-5,17H,6-8H2,1H3,(H,15,20)(H,16,18). The van der Waals surface area contributed by atoms with Crippen LogP contribution in [0.2, 0.25) is 0 Å². The van der Waals surface area contributed by atoms with Crippen LogP contribution >= 0.6 is 0 Å². The highest BCUT2D eigenvalue weighted by Gasteiger charge is 2.14. The fourth-order valence-corrected chi connectivity index (χ4v) is 1.37. The van der Waals surface area contributed by atoms with Gasteiger partial charge in [0.05, 0.1) is 6.42 Å². The summed E-state index contributed by atoms with van der Waals surface area (Å²) in [7, 11) is 1.25. The van der Waals surface area contributed by atoms with E-state index in [0.29, 0.717) is 5.69 Å². The van der Waals surface area contributed by atoms with Crippen LogP contribution in [-0.4, -0.2) is 42.7 Å². The van der Waals surface area contributed by atoms with Gasteiger partial charge in [-0.15, -0.1) is 0 Å². The maximum Gasteiger partial charge on any atom is 0.399 e. The van der Waals surface area contributed by atoms with E-state index in [-0.39, 0.29) is 18.6 Å². The first-order valence-corrected chi connectivity index (χ1v) is 6.55.